The van der Waals surface area contributed by atoms with Crippen LogP contribution in [-0.4, -0.2) is 51.9 Å². The lowest BCUT2D eigenvalue weighted by Gasteiger charge is -2.11. The number of ether oxygens (including phenoxy) is 1. The van der Waals surface area contributed by atoms with Crippen LogP contribution in [0.15, 0.2) is 48.7 Å². The van der Waals surface area contributed by atoms with Gasteiger partial charge < -0.3 is 9.84 Å². The molecule has 1 atom stereocenters. The van der Waals surface area contributed by atoms with Crippen LogP contribution in [0.5, 0.6) is 5.88 Å². The van der Waals surface area contributed by atoms with Gasteiger partial charge in [-0.15, -0.1) is 10.2 Å². The molecule has 184 valence electrons. The monoisotopic (exact) mass is 508 g/mol. The number of nitrogens with one attached hydrogen (secondary N) is 1. The van der Waals surface area contributed by atoms with E-state index in [1.165, 1.54) is 42.1 Å². The first-order valence-corrected chi connectivity index (χ1v) is 11.8. The third-order valence-electron chi connectivity index (χ3n) is 4.75. The van der Waals surface area contributed by atoms with Crippen molar-refractivity contribution in [3.8, 4) is 29.0 Å². The van der Waals surface area contributed by atoms with E-state index in [0.717, 1.165) is 0 Å². The van der Waals surface area contributed by atoms with E-state index < -0.39 is 27.5 Å². The third kappa shape index (κ3) is 5.88. The number of hydrogen-bond acceptors (Lipinski definition) is 8. The number of pyridine rings is 1. The first-order valence-electron chi connectivity index (χ1n) is 10.6. The van der Waals surface area contributed by atoms with Crippen LogP contribution in [-0.2, 0) is 22.2 Å². The SMILES string of the molecule is COc1ncc(-c2ccc3nnc(C#CC(C)(C)O)n3n2)cc1NS(=O)C(=O)Cc1ccc(F)cc1. The maximum atomic E-state index is 13.1. The van der Waals surface area contributed by atoms with Crippen LogP contribution in [0.25, 0.3) is 16.9 Å². The zero-order valence-corrected chi connectivity index (χ0v) is 20.3. The van der Waals surface area contributed by atoms with Gasteiger partial charge in [-0.05, 0) is 55.7 Å². The topological polar surface area (TPSA) is 132 Å². The highest BCUT2D eigenvalue weighted by Gasteiger charge is 2.18. The van der Waals surface area contributed by atoms with Crippen LogP contribution in [0.1, 0.15) is 25.2 Å². The van der Waals surface area contributed by atoms with E-state index >= 15 is 0 Å². The lowest BCUT2D eigenvalue weighted by Crippen LogP contribution is -2.18. The van der Waals surface area contributed by atoms with Crippen LogP contribution < -0.4 is 9.46 Å². The van der Waals surface area contributed by atoms with Gasteiger partial charge in [-0.3, -0.25) is 9.52 Å². The van der Waals surface area contributed by atoms with Crippen LogP contribution in [0.4, 0.5) is 10.1 Å². The number of rotatable bonds is 6. The maximum Gasteiger partial charge on any atom is 0.243 e. The largest absolute Gasteiger partial charge is 0.480 e. The lowest BCUT2D eigenvalue weighted by molar-refractivity contribution is -0.110. The minimum absolute atomic E-state index is 0.129. The molecule has 3 aromatic heterocycles. The summed E-state index contributed by atoms with van der Waals surface area (Å²) in [5.74, 6) is 5.37. The van der Waals surface area contributed by atoms with Crippen molar-refractivity contribution >= 4 is 27.4 Å². The normalized spacial score (nSPS) is 12.0. The summed E-state index contributed by atoms with van der Waals surface area (Å²) in [5.41, 5.74) is 0.978. The first-order chi connectivity index (χ1) is 17.1. The maximum absolute atomic E-state index is 13.1. The second-order valence-corrected chi connectivity index (χ2v) is 9.34. The number of aromatic nitrogens is 5. The van der Waals surface area contributed by atoms with Gasteiger partial charge in [0.15, 0.2) is 16.6 Å². The molecule has 12 heteroatoms. The van der Waals surface area contributed by atoms with E-state index in [0.29, 0.717) is 22.5 Å². The molecule has 0 bridgehead atoms. The van der Waals surface area contributed by atoms with Crippen molar-refractivity contribution in [2.75, 3.05) is 11.8 Å². The van der Waals surface area contributed by atoms with Crippen molar-refractivity contribution in [1.29, 1.82) is 0 Å². The van der Waals surface area contributed by atoms with Crippen molar-refractivity contribution < 1.29 is 23.2 Å². The molecule has 0 aliphatic rings. The number of benzene rings is 1. The van der Waals surface area contributed by atoms with Crippen LogP contribution >= 0.6 is 0 Å². The van der Waals surface area contributed by atoms with E-state index in [-0.39, 0.29) is 23.8 Å². The summed E-state index contributed by atoms with van der Waals surface area (Å²) in [6, 6.07) is 10.4. The van der Waals surface area contributed by atoms with Gasteiger partial charge in [0.2, 0.25) is 16.8 Å². The molecule has 10 nitrogen and oxygen atoms in total. The fraction of sp³-hybridized carbons (Fsp3) is 0.208. The molecule has 0 saturated heterocycles. The molecule has 0 amide bonds. The number of methoxy groups -OCH3 is 1. The number of carbonyl (C=O) groups excluding carboxylic acids is 1. The van der Waals surface area contributed by atoms with Crippen molar-refractivity contribution in [3.05, 3.63) is 65.9 Å². The molecule has 3 heterocycles. The quantitative estimate of drug-likeness (QED) is 0.379. The summed E-state index contributed by atoms with van der Waals surface area (Å²) in [7, 11) is -0.725. The number of halogens is 1. The van der Waals surface area contributed by atoms with E-state index in [1.807, 2.05) is 0 Å². The van der Waals surface area contributed by atoms with Crippen molar-refractivity contribution in [2.45, 2.75) is 25.9 Å². The molecular weight excluding hydrogens is 487 g/mol. The minimum Gasteiger partial charge on any atom is -0.480 e. The van der Waals surface area contributed by atoms with Gasteiger partial charge in [0.05, 0.1) is 12.8 Å². The van der Waals surface area contributed by atoms with E-state index in [2.05, 4.69) is 36.8 Å². The number of nitrogens with zero attached hydrogens (tertiary/aromatic N) is 5. The Kier molecular flexibility index (Phi) is 7.05. The Morgan fingerprint density at radius 1 is 1.22 bits per heavy atom. The number of anilines is 1. The molecule has 1 aromatic carbocycles. The van der Waals surface area contributed by atoms with Gasteiger partial charge >= 0.3 is 0 Å². The molecular formula is C24H21FN6O4S. The molecule has 4 rings (SSSR count). The molecule has 0 saturated carbocycles. The van der Waals surface area contributed by atoms with Crippen molar-refractivity contribution in [3.63, 3.8) is 0 Å². The predicted octanol–water partition coefficient (Wildman–Crippen LogP) is 2.30. The third-order valence-corrected chi connectivity index (χ3v) is 5.72. The number of hydrogen-bond donors (Lipinski definition) is 2. The molecule has 36 heavy (non-hydrogen) atoms. The Morgan fingerprint density at radius 3 is 2.67 bits per heavy atom. The summed E-state index contributed by atoms with van der Waals surface area (Å²) in [5, 5.41) is 21.8. The smallest absolute Gasteiger partial charge is 0.243 e. The molecule has 1 unspecified atom stereocenters. The van der Waals surface area contributed by atoms with Crippen LogP contribution in [0.3, 0.4) is 0 Å². The summed E-state index contributed by atoms with van der Waals surface area (Å²) in [6.07, 6.45) is 1.36. The van der Waals surface area contributed by atoms with Gasteiger partial charge in [0.25, 0.3) is 0 Å². The van der Waals surface area contributed by atoms with Crippen molar-refractivity contribution in [2.24, 2.45) is 0 Å². The average Bonchev–Trinajstić information content (AvgIpc) is 3.26. The van der Waals surface area contributed by atoms with Crippen LogP contribution in [0.2, 0.25) is 0 Å². The Labute approximate surface area is 208 Å². The summed E-state index contributed by atoms with van der Waals surface area (Å²) in [4.78, 5) is 16.7. The molecule has 4 aromatic rings. The van der Waals surface area contributed by atoms with E-state index in [9.17, 15) is 18.5 Å². The molecule has 0 radical (unpaired) electrons. The van der Waals surface area contributed by atoms with Gasteiger partial charge in [-0.1, -0.05) is 18.1 Å². The predicted molar refractivity (Wildman–Crippen MR) is 131 cm³/mol. The van der Waals surface area contributed by atoms with Gasteiger partial charge in [0.1, 0.15) is 17.1 Å². The molecule has 0 aliphatic heterocycles. The average molecular weight is 509 g/mol. The molecule has 2 N–H and O–H groups in total. The summed E-state index contributed by atoms with van der Waals surface area (Å²) < 4.78 is 35.1. The summed E-state index contributed by atoms with van der Waals surface area (Å²) in [6.45, 7) is 3.10. The highest BCUT2D eigenvalue weighted by molar-refractivity contribution is 8.01. The van der Waals surface area contributed by atoms with E-state index in [1.54, 1.807) is 32.0 Å². The number of aliphatic hydroxyl groups is 1. The number of carbonyl (C=O) groups is 1. The minimum atomic E-state index is -2.12. The molecule has 0 spiro atoms. The second kappa shape index (κ2) is 10.2. The zero-order valence-electron chi connectivity index (χ0n) is 19.5. The van der Waals surface area contributed by atoms with Gasteiger partial charge in [-0.25, -0.2) is 13.6 Å². The molecule has 0 aliphatic carbocycles. The Balaban J connectivity index is 1.60. The Bertz CT molecular complexity index is 1520. The van der Waals surface area contributed by atoms with E-state index in [4.69, 9.17) is 4.74 Å². The Hall–Kier alpha value is -4.21. The highest BCUT2D eigenvalue weighted by atomic mass is 32.2. The zero-order chi connectivity index (χ0) is 25.9. The Morgan fingerprint density at radius 2 is 1.97 bits per heavy atom. The van der Waals surface area contributed by atoms with Gasteiger partial charge in [-0.2, -0.15) is 9.61 Å². The fourth-order valence-corrected chi connectivity index (χ4v) is 3.81. The number of fused-ring (bicyclic) bond motifs is 1. The van der Waals surface area contributed by atoms with Crippen molar-refractivity contribution in [1.82, 2.24) is 24.8 Å². The summed E-state index contributed by atoms with van der Waals surface area (Å²) >= 11 is 0. The fourth-order valence-electron chi connectivity index (χ4n) is 3.05. The lowest BCUT2D eigenvalue weighted by atomic mass is 10.1. The highest BCUT2D eigenvalue weighted by Crippen LogP contribution is 2.28. The standard InChI is InChI=1S/C24H21FN6O4S/c1-24(2,33)11-10-21-28-27-20-9-8-18(29-31(20)21)16-13-19(23(35-3)26-14-16)30-36(34)22(32)12-15-4-6-17(25)7-5-15/h4-9,13-14,30,33H,12H2,1-3H3. The second-order valence-electron chi connectivity index (χ2n) is 8.15. The first kappa shape index (κ1) is 24.9. The van der Waals surface area contributed by atoms with Gasteiger partial charge in [0, 0.05) is 18.2 Å². The van der Waals surface area contributed by atoms with Crippen LogP contribution in [0, 0.1) is 17.7 Å². The molecule has 0 fully saturated rings.